The van der Waals surface area contributed by atoms with Crippen LogP contribution < -0.4 is 10.1 Å². The number of guanidine groups is 1. The molecule has 1 saturated carbocycles. The Morgan fingerprint density at radius 2 is 2.00 bits per heavy atom. The zero-order valence-electron chi connectivity index (χ0n) is 16.2. The van der Waals surface area contributed by atoms with Crippen molar-refractivity contribution in [1.82, 2.24) is 10.2 Å². The minimum absolute atomic E-state index is 0.513. The van der Waals surface area contributed by atoms with Crippen LogP contribution in [-0.2, 0) is 0 Å². The summed E-state index contributed by atoms with van der Waals surface area (Å²) in [5, 5.41) is 14.2. The molecule has 1 atom stereocenters. The van der Waals surface area contributed by atoms with Gasteiger partial charge in [-0.1, -0.05) is 31.4 Å². The first kappa shape index (κ1) is 19.0. The maximum Gasteiger partial charge on any atom is 0.194 e. The fraction of sp³-hybridized carbons (Fsp3) is 0.667. The normalized spacial score (nSPS) is 23.1. The number of aliphatic imine (C=N–C) groups is 1. The van der Waals surface area contributed by atoms with Crippen molar-refractivity contribution in [1.29, 1.82) is 0 Å². The highest BCUT2D eigenvalue weighted by Crippen LogP contribution is 2.30. The van der Waals surface area contributed by atoms with Crippen LogP contribution in [0.1, 0.15) is 56.9 Å². The lowest BCUT2D eigenvalue weighted by atomic mass is 9.85. The minimum Gasteiger partial charge on any atom is -0.497 e. The Morgan fingerprint density at radius 3 is 2.65 bits per heavy atom. The summed E-state index contributed by atoms with van der Waals surface area (Å²) in [6, 6.07) is 8.41. The lowest BCUT2D eigenvalue weighted by Crippen LogP contribution is -2.42. The molecule has 3 rings (SSSR count). The van der Waals surface area contributed by atoms with Crippen LogP contribution in [-0.4, -0.2) is 54.9 Å². The zero-order valence-corrected chi connectivity index (χ0v) is 16.2. The Hall–Kier alpha value is -1.75. The van der Waals surface area contributed by atoms with E-state index >= 15 is 0 Å². The summed E-state index contributed by atoms with van der Waals surface area (Å²) in [7, 11) is 1.70. The lowest BCUT2D eigenvalue weighted by molar-refractivity contribution is 0.0130. The number of hydrogen-bond donors (Lipinski definition) is 2. The quantitative estimate of drug-likeness (QED) is 0.626. The van der Waals surface area contributed by atoms with Crippen LogP contribution in [0.4, 0.5) is 0 Å². The van der Waals surface area contributed by atoms with Crippen LogP contribution in [0.15, 0.2) is 29.3 Å². The van der Waals surface area contributed by atoms with Crippen molar-refractivity contribution >= 4 is 5.96 Å². The SMILES string of the molecule is CCNC(=NCC1(O)CCCCC1)N1CCC(c2ccc(OC)cc2)C1. The number of nitrogens with one attached hydrogen (secondary N) is 1. The maximum absolute atomic E-state index is 10.7. The number of methoxy groups -OCH3 is 1. The number of ether oxygens (including phenoxy) is 1. The topological polar surface area (TPSA) is 57.1 Å². The average molecular weight is 360 g/mol. The van der Waals surface area contributed by atoms with Crippen molar-refractivity contribution < 1.29 is 9.84 Å². The Kier molecular flexibility index (Phi) is 6.41. The van der Waals surface area contributed by atoms with Gasteiger partial charge in [-0.2, -0.15) is 0 Å². The first-order valence-corrected chi connectivity index (χ1v) is 10.0. The van der Waals surface area contributed by atoms with E-state index in [4.69, 9.17) is 9.73 Å². The molecule has 0 radical (unpaired) electrons. The molecule has 0 bridgehead atoms. The molecule has 1 aromatic carbocycles. The molecule has 1 unspecified atom stereocenters. The fourth-order valence-electron chi connectivity index (χ4n) is 4.12. The molecule has 1 saturated heterocycles. The van der Waals surface area contributed by atoms with E-state index in [0.717, 1.165) is 63.4 Å². The van der Waals surface area contributed by atoms with Crippen molar-refractivity contribution in [2.45, 2.75) is 57.0 Å². The molecule has 1 aliphatic carbocycles. The number of rotatable bonds is 5. The van der Waals surface area contributed by atoms with Crippen molar-refractivity contribution in [3.8, 4) is 5.75 Å². The van der Waals surface area contributed by atoms with Gasteiger partial charge in [0.25, 0.3) is 0 Å². The number of hydrogen-bond acceptors (Lipinski definition) is 3. The Labute approximate surface area is 157 Å². The molecule has 0 amide bonds. The molecular formula is C21H33N3O2. The van der Waals surface area contributed by atoms with Gasteiger partial charge in [0.2, 0.25) is 0 Å². The van der Waals surface area contributed by atoms with Crippen LogP contribution in [0.5, 0.6) is 5.75 Å². The van der Waals surface area contributed by atoms with E-state index in [1.54, 1.807) is 7.11 Å². The van der Waals surface area contributed by atoms with E-state index in [1.807, 2.05) is 12.1 Å². The zero-order chi connectivity index (χ0) is 18.4. The predicted octanol–water partition coefficient (Wildman–Crippen LogP) is 3.15. The lowest BCUT2D eigenvalue weighted by Gasteiger charge is -2.31. The first-order chi connectivity index (χ1) is 12.6. The van der Waals surface area contributed by atoms with Crippen LogP contribution >= 0.6 is 0 Å². The highest BCUT2D eigenvalue weighted by molar-refractivity contribution is 5.80. The molecule has 1 aliphatic heterocycles. The molecule has 0 aromatic heterocycles. The third-order valence-electron chi connectivity index (χ3n) is 5.72. The second kappa shape index (κ2) is 8.76. The molecule has 0 spiro atoms. The van der Waals surface area contributed by atoms with E-state index in [1.165, 1.54) is 12.0 Å². The second-order valence-corrected chi connectivity index (χ2v) is 7.66. The smallest absolute Gasteiger partial charge is 0.194 e. The van der Waals surface area contributed by atoms with Gasteiger partial charge in [-0.25, -0.2) is 0 Å². The molecule has 2 fully saturated rings. The third kappa shape index (κ3) is 4.70. The summed E-state index contributed by atoms with van der Waals surface area (Å²) in [5.74, 6) is 2.37. The summed E-state index contributed by atoms with van der Waals surface area (Å²) in [5.41, 5.74) is 0.753. The van der Waals surface area contributed by atoms with Gasteiger partial charge in [0.05, 0.1) is 19.3 Å². The fourth-order valence-corrected chi connectivity index (χ4v) is 4.12. The minimum atomic E-state index is -0.603. The van der Waals surface area contributed by atoms with Gasteiger partial charge in [-0.05, 0) is 43.9 Å². The summed E-state index contributed by atoms with van der Waals surface area (Å²) >= 11 is 0. The molecular weight excluding hydrogens is 326 g/mol. The molecule has 1 aromatic rings. The highest BCUT2D eigenvalue weighted by Gasteiger charge is 2.30. The van der Waals surface area contributed by atoms with Gasteiger partial charge < -0.3 is 20.1 Å². The van der Waals surface area contributed by atoms with Crippen molar-refractivity contribution in [3.05, 3.63) is 29.8 Å². The van der Waals surface area contributed by atoms with Crippen LogP contribution in [0, 0.1) is 0 Å². The highest BCUT2D eigenvalue weighted by atomic mass is 16.5. The van der Waals surface area contributed by atoms with Crippen molar-refractivity contribution in [2.24, 2.45) is 4.99 Å². The first-order valence-electron chi connectivity index (χ1n) is 10.0. The van der Waals surface area contributed by atoms with E-state index in [9.17, 15) is 5.11 Å². The Morgan fingerprint density at radius 1 is 1.27 bits per heavy atom. The molecule has 1 heterocycles. The van der Waals surface area contributed by atoms with Crippen LogP contribution in [0.3, 0.4) is 0 Å². The average Bonchev–Trinajstić information content (AvgIpc) is 3.16. The maximum atomic E-state index is 10.7. The molecule has 26 heavy (non-hydrogen) atoms. The van der Waals surface area contributed by atoms with Crippen molar-refractivity contribution in [3.63, 3.8) is 0 Å². The standard InChI is InChI=1S/C21H33N3O2/c1-3-22-20(23-16-21(25)12-5-4-6-13-21)24-14-11-18(15-24)17-7-9-19(26-2)10-8-17/h7-10,18,25H,3-6,11-16H2,1-2H3,(H,22,23). The summed E-state index contributed by atoms with van der Waals surface area (Å²) in [6.07, 6.45) is 6.36. The molecule has 144 valence electrons. The Bertz CT molecular complexity index is 594. The van der Waals surface area contributed by atoms with Gasteiger partial charge in [-0.3, -0.25) is 4.99 Å². The van der Waals surface area contributed by atoms with E-state index in [-0.39, 0.29) is 0 Å². The van der Waals surface area contributed by atoms with Gasteiger partial charge in [-0.15, -0.1) is 0 Å². The molecule has 2 N–H and O–H groups in total. The Balaban J connectivity index is 1.63. The van der Waals surface area contributed by atoms with Crippen molar-refractivity contribution in [2.75, 3.05) is 33.3 Å². The number of aliphatic hydroxyl groups is 1. The monoisotopic (exact) mass is 359 g/mol. The van der Waals surface area contributed by atoms with Gasteiger partial charge in [0.1, 0.15) is 5.75 Å². The number of nitrogens with zero attached hydrogens (tertiary/aromatic N) is 2. The van der Waals surface area contributed by atoms with Gasteiger partial charge >= 0.3 is 0 Å². The third-order valence-corrected chi connectivity index (χ3v) is 5.72. The molecule has 5 heteroatoms. The van der Waals surface area contributed by atoms with Gasteiger partial charge in [0, 0.05) is 25.6 Å². The van der Waals surface area contributed by atoms with Crippen LogP contribution in [0.25, 0.3) is 0 Å². The largest absolute Gasteiger partial charge is 0.497 e. The second-order valence-electron chi connectivity index (χ2n) is 7.66. The summed E-state index contributed by atoms with van der Waals surface area (Å²) in [4.78, 5) is 7.15. The van der Waals surface area contributed by atoms with Crippen LogP contribution in [0.2, 0.25) is 0 Å². The summed E-state index contributed by atoms with van der Waals surface area (Å²) in [6.45, 7) is 5.43. The van der Waals surface area contributed by atoms with E-state index in [2.05, 4.69) is 29.3 Å². The molecule has 2 aliphatic rings. The number of benzene rings is 1. The van der Waals surface area contributed by atoms with E-state index in [0.29, 0.717) is 12.5 Å². The number of likely N-dealkylation sites (tertiary alicyclic amines) is 1. The molecule has 5 nitrogen and oxygen atoms in total. The predicted molar refractivity (Wildman–Crippen MR) is 106 cm³/mol. The summed E-state index contributed by atoms with van der Waals surface area (Å²) < 4.78 is 5.26. The van der Waals surface area contributed by atoms with Gasteiger partial charge in [0.15, 0.2) is 5.96 Å². The van der Waals surface area contributed by atoms with E-state index < -0.39 is 5.60 Å².